The number of carbonyl (C=O) groups excluding carboxylic acids is 2. The van der Waals surface area contributed by atoms with Crippen molar-refractivity contribution in [3.8, 4) is 11.5 Å². The first-order valence-electron chi connectivity index (χ1n) is 7.92. The number of amides is 2. The summed E-state index contributed by atoms with van der Waals surface area (Å²) in [4.78, 5) is 24.0. The Bertz CT molecular complexity index is 647. The number of carbonyl (C=O) groups is 2. The van der Waals surface area contributed by atoms with E-state index in [9.17, 15) is 14.7 Å². The van der Waals surface area contributed by atoms with E-state index in [0.29, 0.717) is 41.9 Å². The molecule has 2 heterocycles. The van der Waals surface area contributed by atoms with Gasteiger partial charge >= 0.3 is 11.8 Å². The number of benzene rings is 1. The molecule has 0 bridgehead atoms. The Morgan fingerprint density at radius 2 is 1.76 bits per heavy atom. The number of aliphatic hydroxyl groups is 1. The van der Waals surface area contributed by atoms with Gasteiger partial charge in [-0.2, -0.15) is 23.5 Å². The predicted molar refractivity (Wildman–Crippen MR) is 98.7 cm³/mol. The molecule has 0 atom stereocenters. The van der Waals surface area contributed by atoms with Crippen LogP contribution < -0.4 is 20.1 Å². The molecule has 9 heteroatoms. The highest BCUT2D eigenvalue weighted by molar-refractivity contribution is 8.03. The third kappa shape index (κ3) is 4.96. The Hall–Kier alpha value is -1.58. The molecule has 0 aliphatic carbocycles. The van der Waals surface area contributed by atoms with Gasteiger partial charge in [0.05, 0.1) is 5.60 Å². The summed E-state index contributed by atoms with van der Waals surface area (Å²) >= 11 is 3.30. The number of hydrogen-bond acceptors (Lipinski definition) is 7. The molecule has 0 radical (unpaired) electrons. The number of anilines is 1. The Morgan fingerprint density at radius 3 is 2.48 bits per heavy atom. The van der Waals surface area contributed by atoms with Crippen LogP contribution in [0.5, 0.6) is 11.5 Å². The SMILES string of the molecule is O=C(NCC1(O)CSCCSC1)C(=O)Nc1ccc2c(c1)OCCO2. The number of thioether (sulfide) groups is 2. The van der Waals surface area contributed by atoms with Gasteiger partial charge in [0.2, 0.25) is 0 Å². The lowest BCUT2D eigenvalue weighted by molar-refractivity contribution is -0.136. The van der Waals surface area contributed by atoms with Gasteiger partial charge in [-0.15, -0.1) is 0 Å². The van der Waals surface area contributed by atoms with Gasteiger partial charge in [0.15, 0.2) is 11.5 Å². The number of hydrogen-bond donors (Lipinski definition) is 3. The van der Waals surface area contributed by atoms with E-state index in [1.54, 1.807) is 41.7 Å². The summed E-state index contributed by atoms with van der Waals surface area (Å²) in [5.41, 5.74) is -0.539. The third-order valence-electron chi connectivity index (χ3n) is 3.70. The Balaban J connectivity index is 1.53. The van der Waals surface area contributed by atoms with Crippen LogP contribution in [-0.2, 0) is 9.59 Å². The zero-order valence-corrected chi connectivity index (χ0v) is 15.2. The van der Waals surface area contributed by atoms with E-state index in [0.717, 1.165) is 11.5 Å². The fourth-order valence-electron chi connectivity index (χ4n) is 2.42. The molecule has 1 saturated heterocycles. The molecule has 136 valence electrons. The maximum atomic E-state index is 12.0. The number of nitrogens with one attached hydrogen (secondary N) is 2. The summed E-state index contributed by atoms with van der Waals surface area (Å²) in [5.74, 6) is 2.63. The fraction of sp³-hybridized carbons (Fsp3) is 0.500. The van der Waals surface area contributed by atoms with Gasteiger partial charge in [-0.25, -0.2) is 0 Å². The van der Waals surface area contributed by atoms with Crippen LogP contribution in [0.3, 0.4) is 0 Å². The molecular weight excluding hydrogens is 364 g/mol. The van der Waals surface area contributed by atoms with Crippen molar-refractivity contribution in [3.05, 3.63) is 18.2 Å². The first-order valence-corrected chi connectivity index (χ1v) is 10.2. The van der Waals surface area contributed by atoms with Gasteiger partial charge < -0.3 is 25.2 Å². The lowest BCUT2D eigenvalue weighted by atomic mass is 10.1. The molecule has 1 fully saturated rings. The van der Waals surface area contributed by atoms with Crippen molar-refractivity contribution in [3.63, 3.8) is 0 Å². The van der Waals surface area contributed by atoms with Crippen LogP contribution >= 0.6 is 23.5 Å². The summed E-state index contributed by atoms with van der Waals surface area (Å²) in [7, 11) is 0. The van der Waals surface area contributed by atoms with Crippen molar-refractivity contribution in [2.24, 2.45) is 0 Å². The van der Waals surface area contributed by atoms with E-state index in [2.05, 4.69) is 10.6 Å². The van der Waals surface area contributed by atoms with Crippen LogP contribution in [-0.4, -0.2) is 65.3 Å². The van der Waals surface area contributed by atoms with E-state index >= 15 is 0 Å². The van der Waals surface area contributed by atoms with Gasteiger partial charge in [0.25, 0.3) is 0 Å². The summed E-state index contributed by atoms with van der Waals surface area (Å²) < 4.78 is 10.9. The number of fused-ring (bicyclic) bond motifs is 1. The average Bonchev–Trinajstić information content (AvgIpc) is 2.84. The smallest absolute Gasteiger partial charge is 0.313 e. The van der Waals surface area contributed by atoms with Gasteiger partial charge in [-0.05, 0) is 12.1 Å². The van der Waals surface area contributed by atoms with Gasteiger partial charge in [-0.1, -0.05) is 0 Å². The zero-order chi connectivity index (χ0) is 17.7. The van der Waals surface area contributed by atoms with E-state index in [-0.39, 0.29) is 6.54 Å². The van der Waals surface area contributed by atoms with E-state index < -0.39 is 17.4 Å². The largest absolute Gasteiger partial charge is 0.486 e. The standard InChI is InChI=1S/C16H20N2O5S2/c19-14(17-8-16(21)9-24-5-6-25-10-16)15(20)18-11-1-2-12-13(7-11)23-4-3-22-12/h1-2,7,21H,3-6,8-10H2,(H,17,19)(H,18,20). The van der Waals surface area contributed by atoms with Crippen LogP contribution in [0.2, 0.25) is 0 Å². The average molecular weight is 384 g/mol. The number of ether oxygens (including phenoxy) is 2. The molecule has 3 rings (SSSR count). The second-order valence-corrected chi connectivity index (χ2v) is 8.04. The van der Waals surface area contributed by atoms with Gasteiger partial charge in [0, 0.05) is 41.3 Å². The summed E-state index contributed by atoms with van der Waals surface area (Å²) in [6.45, 7) is 0.987. The normalized spacial score (nSPS) is 18.8. The Kier molecular flexibility index (Phi) is 5.98. The molecule has 0 saturated carbocycles. The first-order chi connectivity index (χ1) is 12.1. The summed E-state index contributed by atoms with van der Waals surface area (Å²) in [6.07, 6.45) is 0. The topological polar surface area (TPSA) is 96.9 Å². The Labute approximate surface area is 154 Å². The molecular formula is C16H20N2O5S2. The first kappa shape index (κ1) is 18.2. The predicted octanol–water partition coefficient (Wildman–Crippen LogP) is 0.724. The second-order valence-electron chi connectivity index (χ2n) is 5.82. The van der Waals surface area contributed by atoms with Crippen LogP contribution in [0.25, 0.3) is 0 Å². The molecule has 1 aromatic rings. The lowest BCUT2D eigenvalue weighted by Crippen LogP contribution is -2.49. The summed E-state index contributed by atoms with van der Waals surface area (Å²) in [6, 6.07) is 4.95. The van der Waals surface area contributed by atoms with Crippen molar-refractivity contribution in [1.82, 2.24) is 5.32 Å². The Morgan fingerprint density at radius 1 is 1.08 bits per heavy atom. The summed E-state index contributed by atoms with van der Waals surface area (Å²) in [5, 5.41) is 15.5. The molecule has 2 aliphatic rings. The monoisotopic (exact) mass is 384 g/mol. The van der Waals surface area contributed by atoms with Gasteiger partial charge in [0.1, 0.15) is 13.2 Å². The maximum Gasteiger partial charge on any atom is 0.313 e. The minimum Gasteiger partial charge on any atom is -0.486 e. The van der Waals surface area contributed by atoms with E-state index in [1.807, 2.05) is 0 Å². The molecule has 0 unspecified atom stereocenters. The van der Waals surface area contributed by atoms with Crippen molar-refractivity contribution < 1.29 is 24.2 Å². The maximum absolute atomic E-state index is 12.0. The highest BCUT2D eigenvalue weighted by Crippen LogP contribution is 2.32. The highest BCUT2D eigenvalue weighted by Gasteiger charge is 2.30. The van der Waals surface area contributed by atoms with E-state index in [1.165, 1.54) is 0 Å². The van der Waals surface area contributed by atoms with Crippen molar-refractivity contribution in [2.75, 3.05) is 48.1 Å². The fourth-order valence-corrected chi connectivity index (χ4v) is 4.95. The molecule has 3 N–H and O–H groups in total. The molecule has 0 spiro atoms. The highest BCUT2D eigenvalue weighted by atomic mass is 32.2. The minimum atomic E-state index is -0.987. The number of rotatable bonds is 3. The van der Waals surface area contributed by atoms with Crippen LogP contribution in [0.4, 0.5) is 5.69 Å². The van der Waals surface area contributed by atoms with Crippen LogP contribution in [0.15, 0.2) is 18.2 Å². The molecule has 1 aromatic carbocycles. The van der Waals surface area contributed by atoms with Crippen molar-refractivity contribution in [1.29, 1.82) is 0 Å². The molecule has 2 amide bonds. The molecule has 2 aliphatic heterocycles. The lowest BCUT2D eigenvalue weighted by Gasteiger charge is -2.25. The van der Waals surface area contributed by atoms with Crippen molar-refractivity contribution >= 4 is 41.0 Å². The molecule has 7 nitrogen and oxygen atoms in total. The van der Waals surface area contributed by atoms with Crippen molar-refractivity contribution in [2.45, 2.75) is 5.60 Å². The van der Waals surface area contributed by atoms with Crippen LogP contribution in [0.1, 0.15) is 0 Å². The van der Waals surface area contributed by atoms with Gasteiger partial charge in [-0.3, -0.25) is 9.59 Å². The molecule has 25 heavy (non-hydrogen) atoms. The van der Waals surface area contributed by atoms with E-state index in [4.69, 9.17) is 9.47 Å². The minimum absolute atomic E-state index is 0.0559. The zero-order valence-electron chi connectivity index (χ0n) is 13.6. The molecule has 0 aromatic heterocycles. The third-order valence-corrected chi connectivity index (χ3v) is 6.42. The van der Waals surface area contributed by atoms with Crippen LogP contribution in [0, 0.1) is 0 Å². The second kappa shape index (κ2) is 8.20. The quantitative estimate of drug-likeness (QED) is 0.661.